The van der Waals surface area contributed by atoms with Gasteiger partial charge in [0.2, 0.25) is 0 Å². The first-order valence-corrected chi connectivity index (χ1v) is 3.58. The maximum Gasteiger partial charge on any atom is 0.147 e. The molecule has 4 nitrogen and oxygen atoms in total. The third kappa shape index (κ3) is 1.88. The number of nitrogens with zero attached hydrogens (tertiary/aromatic N) is 2. The van der Waals surface area contributed by atoms with Gasteiger partial charge < -0.3 is 11.5 Å². The van der Waals surface area contributed by atoms with Crippen molar-refractivity contribution in [2.24, 2.45) is 5.73 Å². The lowest BCUT2D eigenvalue weighted by molar-refractivity contribution is 0.650. The molecule has 1 aromatic heterocycles. The molecule has 0 radical (unpaired) electrons. The van der Waals surface area contributed by atoms with Crippen molar-refractivity contribution < 1.29 is 0 Å². The largest absolute Gasteiger partial charge is 0.384 e. The van der Waals surface area contributed by atoms with Gasteiger partial charge in [-0.25, -0.2) is 9.97 Å². The Morgan fingerprint density at radius 1 is 1.64 bits per heavy atom. The number of rotatable bonds is 2. The molecule has 1 unspecified atom stereocenters. The highest BCUT2D eigenvalue weighted by molar-refractivity contribution is 5.25. The van der Waals surface area contributed by atoms with E-state index in [9.17, 15) is 0 Å². The van der Waals surface area contributed by atoms with Crippen LogP contribution in [0.2, 0.25) is 0 Å². The summed E-state index contributed by atoms with van der Waals surface area (Å²) in [7, 11) is 0. The van der Waals surface area contributed by atoms with E-state index in [0.29, 0.717) is 11.6 Å². The molecule has 4 N–H and O–H groups in total. The van der Waals surface area contributed by atoms with Crippen LogP contribution in [0.25, 0.3) is 0 Å². The summed E-state index contributed by atoms with van der Waals surface area (Å²) in [6.45, 7) is 1.98. The van der Waals surface area contributed by atoms with Crippen LogP contribution >= 0.6 is 0 Å². The van der Waals surface area contributed by atoms with Crippen LogP contribution in [0.15, 0.2) is 12.3 Å². The molecule has 0 saturated carbocycles. The molecule has 1 heterocycles. The molecule has 0 aliphatic rings. The molecule has 0 aromatic carbocycles. The summed E-state index contributed by atoms with van der Waals surface area (Å²) >= 11 is 0. The summed E-state index contributed by atoms with van der Waals surface area (Å²) in [4.78, 5) is 7.98. The Labute approximate surface area is 65.6 Å². The zero-order valence-electron chi connectivity index (χ0n) is 6.49. The van der Waals surface area contributed by atoms with Crippen LogP contribution in [0.1, 0.15) is 25.2 Å². The van der Waals surface area contributed by atoms with Crippen LogP contribution in [0.5, 0.6) is 0 Å². The van der Waals surface area contributed by atoms with Gasteiger partial charge in [-0.2, -0.15) is 0 Å². The van der Waals surface area contributed by atoms with Gasteiger partial charge in [-0.1, -0.05) is 6.92 Å². The monoisotopic (exact) mass is 152 g/mol. The van der Waals surface area contributed by atoms with Crippen molar-refractivity contribution in [1.82, 2.24) is 9.97 Å². The number of hydrogen-bond acceptors (Lipinski definition) is 4. The Morgan fingerprint density at radius 2 is 2.36 bits per heavy atom. The number of anilines is 1. The van der Waals surface area contributed by atoms with Crippen molar-refractivity contribution in [3.63, 3.8) is 0 Å². The van der Waals surface area contributed by atoms with E-state index in [1.54, 1.807) is 12.3 Å². The molecule has 4 heteroatoms. The third-order valence-corrected chi connectivity index (χ3v) is 1.47. The van der Waals surface area contributed by atoms with Crippen molar-refractivity contribution in [2.45, 2.75) is 19.4 Å². The smallest absolute Gasteiger partial charge is 0.147 e. The fraction of sp³-hybridized carbons (Fsp3) is 0.429. The molecule has 1 atom stereocenters. The fourth-order valence-corrected chi connectivity index (χ4v) is 0.750. The van der Waals surface area contributed by atoms with Gasteiger partial charge in [0.25, 0.3) is 0 Å². The van der Waals surface area contributed by atoms with E-state index in [0.717, 1.165) is 6.42 Å². The van der Waals surface area contributed by atoms with Gasteiger partial charge in [0.15, 0.2) is 0 Å². The van der Waals surface area contributed by atoms with Crippen molar-refractivity contribution in [1.29, 1.82) is 0 Å². The van der Waals surface area contributed by atoms with Gasteiger partial charge in [-0.15, -0.1) is 0 Å². The zero-order chi connectivity index (χ0) is 8.27. The summed E-state index contributed by atoms with van der Waals surface area (Å²) in [5.41, 5.74) is 11.1. The van der Waals surface area contributed by atoms with E-state index in [2.05, 4.69) is 9.97 Å². The highest BCUT2D eigenvalue weighted by Gasteiger charge is 2.05. The predicted molar refractivity (Wildman–Crippen MR) is 43.7 cm³/mol. The molecule has 60 valence electrons. The van der Waals surface area contributed by atoms with Gasteiger partial charge in [-0.05, 0) is 12.5 Å². The SMILES string of the molecule is CCC(N)c1nccc(N)n1. The summed E-state index contributed by atoms with van der Waals surface area (Å²) in [5, 5.41) is 0. The zero-order valence-corrected chi connectivity index (χ0v) is 6.49. The molecule has 0 spiro atoms. The Hall–Kier alpha value is -1.16. The van der Waals surface area contributed by atoms with E-state index >= 15 is 0 Å². The molecule has 11 heavy (non-hydrogen) atoms. The van der Waals surface area contributed by atoms with E-state index in [1.807, 2.05) is 6.92 Å². The Bertz CT molecular complexity index is 236. The van der Waals surface area contributed by atoms with Crippen LogP contribution in [-0.4, -0.2) is 9.97 Å². The maximum atomic E-state index is 5.68. The molecular formula is C7H12N4. The molecule has 0 amide bonds. The average molecular weight is 152 g/mol. The molecule has 0 saturated heterocycles. The molecule has 1 rings (SSSR count). The van der Waals surface area contributed by atoms with Gasteiger partial charge in [-0.3, -0.25) is 0 Å². The summed E-state index contributed by atoms with van der Waals surface area (Å²) in [6.07, 6.45) is 2.44. The lowest BCUT2D eigenvalue weighted by Gasteiger charge is -2.05. The Morgan fingerprint density at radius 3 is 2.91 bits per heavy atom. The Balaban J connectivity index is 2.86. The number of nitrogens with two attached hydrogens (primary N) is 2. The lowest BCUT2D eigenvalue weighted by atomic mass is 10.2. The van der Waals surface area contributed by atoms with Gasteiger partial charge in [0.05, 0.1) is 6.04 Å². The maximum absolute atomic E-state index is 5.68. The van der Waals surface area contributed by atoms with E-state index in [1.165, 1.54) is 0 Å². The number of hydrogen-bond donors (Lipinski definition) is 2. The van der Waals surface area contributed by atoms with E-state index < -0.39 is 0 Å². The average Bonchev–Trinajstić information content (AvgIpc) is 2.03. The Kier molecular flexibility index (Phi) is 2.38. The first-order chi connectivity index (χ1) is 5.24. The minimum Gasteiger partial charge on any atom is -0.384 e. The molecular weight excluding hydrogens is 140 g/mol. The van der Waals surface area contributed by atoms with Crippen molar-refractivity contribution in [2.75, 3.05) is 5.73 Å². The van der Waals surface area contributed by atoms with Gasteiger partial charge in [0.1, 0.15) is 11.6 Å². The van der Waals surface area contributed by atoms with Crippen LogP contribution in [0.3, 0.4) is 0 Å². The topological polar surface area (TPSA) is 77.8 Å². The summed E-state index contributed by atoms with van der Waals surface area (Å²) in [6, 6.07) is 1.55. The third-order valence-electron chi connectivity index (χ3n) is 1.47. The van der Waals surface area contributed by atoms with Crippen LogP contribution in [-0.2, 0) is 0 Å². The second-order valence-electron chi connectivity index (χ2n) is 2.35. The summed E-state index contributed by atoms with van der Waals surface area (Å²) in [5.74, 6) is 1.09. The first kappa shape index (κ1) is 7.94. The number of nitrogen functional groups attached to an aromatic ring is 1. The first-order valence-electron chi connectivity index (χ1n) is 3.58. The lowest BCUT2D eigenvalue weighted by Crippen LogP contribution is -2.13. The fourth-order valence-electron chi connectivity index (χ4n) is 0.750. The molecule has 1 aromatic rings. The molecule has 0 fully saturated rings. The van der Waals surface area contributed by atoms with E-state index in [-0.39, 0.29) is 6.04 Å². The van der Waals surface area contributed by atoms with Crippen molar-refractivity contribution in [3.05, 3.63) is 18.1 Å². The molecule has 0 aliphatic heterocycles. The standard InChI is InChI=1S/C7H12N4/c1-2-5(8)7-10-4-3-6(9)11-7/h3-5H,2,8H2,1H3,(H2,9,10,11). The predicted octanol–water partition coefficient (Wildman–Crippen LogP) is 0.469. The highest BCUT2D eigenvalue weighted by Crippen LogP contribution is 2.08. The quantitative estimate of drug-likeness (QED) is 0.645. The molecule has 0 aliphatic carbocycles. The second-order valence-corrected chi connectivity index (χ2v) is 2.35. The van der Waals surface area contributed by atoms with Crippen LogP contribution < -0.4 is 11.5 Å². The van der Waals surface area contributed by atoms with Crippen LogP contribution in [0, 0.1) is 0 Å². The van der Waals surface area contributed by atoms with Crippen molar-refractivity contribution in [3.8, 4) is 0 Å². The van der Waals surface area contributed by atoms with E-state index in [4.69, 9.17) is 11.5 Å². The van der Waals surface area contributed by atoms with Gasteiger partial charge in [0, 0.05) is 6.20 Å². The second kappa shape index (κ2) is 3.30. The van der Waals surface area contributed by atoms with Gasteiger partial charge >= 0.3 is 0 Å². The minimum atomic E-state index is -0.0986. The van der Waals surface area contributed by atoms with Crippen LogP contribution in [0.4, 0.5) is 5.82 Å². The summed E-state index contributed by atoms with van der Waals surface area (Å²) < 4.78 is 0. The van der Waals surface area contributed by atoms with Crippen molar-refractivity contribution >= 4 is 5.82 Å². The normalized spacial score (nSPS) is 12.9. The molecule has 0 bridgehead atoms. The highest BCUT2D eigenvalue weighted by atomic mass is 15.0. The minimum absolute atomic E-state index is 0.0986. The number of aromatic nitrogens is 2.